The number of benzene rings is 1. The van der Waals surface area contributed by atoms with Crippen molar-refractivity contribution in [3.05, 3.63) is 57.5 Å². The second kappa shape index (κ2) is 8.84. The van der Waals surface area contributed by atoms with Gasteiger partial charge in [-0.05, 0) is 55.2 Å². The lowest BCUT2D eigenvalue weighted by molar-refractivity contribution is -0.137. The van der Waals surface area contributed by atoms with Crippen LogP contribution in [0.15, 0.2) is 35.1 Å². The van der Waals surface area contributed by atoms with Gasteiger partial charge in [0.2, 0.25) is 0 Å². The van der Waals surface area contributed by atoms with Gasteiger partial charge in [0.15, 0.2) is 0 Å². The van der Waals surface area contributed by atoms with Crippen LogP contribution in [0.1, 0.15) is 16.8 Å². The van der Waals surface area contributed by atoms with Gasteiger partial charge in [-0.15, -0.1) is 0 Å². The van der Waals surface area contributed by atoms with E-state index in [1.165, 1.54) is 23.7 Å². The van der Waals surface area contributed by atoms with E-state index in [2.05, 4.69) is 9.88 Å². The number of alkyl halides is 3. The average Bonchev–Trinajstić information content (AvgIpc) is 3.03. The van der Waals surface area contributed by atoms with Gasteiger partial charge < -0.3 is 10.0 Å². The Hall–Kier alpha value is -2.43. The van der Waals surface area contributed by atoms with Crippen LogP contribution in [0.3, 0.4) is 0 Å². The third-order valence-electron chi connectivity index (χ3n) is 5.70. The molecule has 0 bridgehead atoms. The molecule has 4 rings (SSSR count). The molecule has 0 amide bonds. The summed E-state index contributed by atoms with van der Waals surface area (Å²) in [5, 5.41) is 11.2. The predicted molar refractivity (Wildman–Crippen MR) is 119 cm³/mol. The van der Waals surface area contributed by atoms with E-state index in [0.29, 0.717) is 48.6 Å². The van der Waals surface area contributed by atoms with Gasteiger partial charge in [-0.25, -0.2) is 4.98 Å². The van der Waals surface area contributed by atoms with Crippen molar-refractivity contribution in [3.63, 3.8) is 0 Å². The molecule has 3 heterocycles. The molecule has 1 aliphatic heterocycles. The molecule has 172 valence electrons. The highest BCUT2D eigenvalue weighted by Gasteiger charge is 2.31. The van der Waals surface area contributed by atoms with Crippen LogP contribution in [-0.2, 0) is 12.7 Å². The summed E-state index contributed by atoms with van der Waals surface area (Å²) < 4.78 is 40.5. The Morgan fingerprint density at radius 1 is 1.12 bits per heavy atom. The van der Waals surface area contributed by atoms with Gasteiger partial charge in [0.05, 0.1) is 23.6 Å². The molecule has 10 heteroatoms. The zero-order valence-corrected chi connectivity index (χ0v) is 18.7. The van der Waals surface area contributed by atoms with E-state index in [4.69, 9.17) is 0 Å². The van der Waals surface area contributed by atoms with Crippen LogP contribution in [0.4, 0.5) is 18.9 Å². The molecule has 1 fully saturated rings. The standard InChI is InChI=1S/C22H25F3N4O2S/c1-14-10-15(2)26-20-19(14)21(31)29(32-20)13-18(30)12-27-6-8-28(9-7-27)17-5-3-4-16(11-17)22(23,24)25/h3-5,10-11,18,30H,6-9,12-13H2,1-2H3. The minimum Gasteiger partial charge on any atom is -0.390 e. The predicted octanol–water partition coefficient (Wildman–Crippen LogP) is 3.28. The molecule has 1 unspecified atom stereocenters. The Labute approximate surface area is 187 Å². The number of fused-ring (bicyclic) bond motifs is 1. The van der Waals surface area contributed by atoms with Gasteiger partial charge in [-0.1, -0.05) is 6.07 Å². The van der Waals surface area contributed by atoms with E-state index in [0.717, 1.165) is 17.3 Å². The molecule has 1 aromatic carbocycles. The zero-order chi connectivity index (χ0) is 23.0. The topological polar surface area (TPSA) is 61.6 Å². The van der Waals surface area contributed by atoms with Crippen LogP contribution < -0.4 is 10.5 Å². The normalized spacial score (nSPS) is 16.6. The molecule has 0 saturated carbocycles. The van der Waals surface area contributed by atoms with Crippen molar-refractivity contribution in [1.29, 1.82) is 0 Å². The molecule has 1 atom stereocenters. The molecule has 0 radical (unpaired) electrons. The van der Waals surface area contributed by atoms with Crippen molar-refractivity contribution in [3.8, 4) is 0 Å². The lowest BCUT2D eigenvalue weighted by atomic mass is 10.1. The van der Waals surface area contributed by atoms with Gasteiger partial charge >= 0.3 is 6.18 Å². The first-order chi connectivity index (χ1) is 15.1. The summed E-state index contributed by atoms with van der Waals surface area (Å²) in [7, 11) is 0. The molecule has 0 spiro atoms. The van der Waals surface area contributed by atoms with E-state index in [1.807, 2.05) is 24.8 Å². The third kappa shape index (κ3) is 4.82. The highest BCUT2D eigenvalue weighted by Crippen LogP contribution is 2.32. The van der Waals surface area contributed by atoms with E-state index in [9.17, 15) is 23.1 Å². The molecular formula is C22H25F3N4O2S. The van der Waals surface area contributed by atoms with Crippen molar-refractivity contribution < 1.29 is 18.3 Å². The number of piperazine rings is 1. The van der Waals surface area contributed by atoms with Crippen molar-refractivity contribution in [2.45, 2.75) is 32.7 Å². The van der Waals surface area contributed by atoms with E-state index < -0.39 is 17.8 Å². The Morgan fingerprint density at radius 3 is 2.53 bits per heavy atom. The number of aromatic nitrogens is 2. The number of aliphatic hydroxyl groups is 1. The van der Waals surface area contributed by atoms with Gasteiger partial charge in [-0.2, -0.15) is 13.2 Å². The summed E-state index contributed by atoms with van der Waals surface area (Å²) in [6.07, 6.45) is -5.10. The van der Waals surface area contributed by atoms with Crippen LogP contribution in [0.5, 0.6) is 0 Å². The zero-order valence-electron chi connectivity index (χ0n) is 17.9. The monoisotopic (exact) mass is 466 g/mol. The minimum absolute atomic E-state index is 0.136. The lowest BCUT2D eigenvalue weighted by Gasteiger charge is -2.37. The van der Waals surface area contributed by atoms with Crippen molar-refractivity contribution >= 4 is 27.4 Å². The second-order valence-corrected chi connectivity index (χ2v) is 9.22. The highest BCUT2D eigenvalue weighted by atomic mass is 32.1. The molecule has 0 aliphatic carbocycles. The number of pyridine rings is 1. The van der Waals surface area contributed by atoms with Gasteiger partial charge in [-0.3, -0.25) is 13.7 Å². The largest absolute Gasteiger partial charge is 0.416 e. The number of aliphatic hydroxyl groups excluding tert-OH is 1. The van der Waals surface area contributed by atoms with Crippen molar-refractivity contribution in [1.82, 2.24) is 13.8 Å². The summed E-state index contributed by atoms with van der Waals surface area (Å²) in [6, 6.07) is 7.24. The van der Waals surface area contributed by atoms with Gasteiger partial charge in [0.25, 0.3) is 5.56 Å². The van der Waals surface area contributed by atoms with E-state index >= 15 is 0 Å². The van der Waals surface area contributed by atoms with Crippen LogP contribution in [0.25, 0.3) is 10.2 Å². The molecule has 6 nitrogen and oxygen atoms in total. The number of anilines is 1. The van der Waals surface area contributed by atoms with Crippen molar-refractivity contribution in [2.24, 2.45) is 0 Å². The molecule has 1 aliphatic rings. The van der Waals surface area contributed by atoms with Crippen molar-refractivity contribution in [2.75, 3.05) is 37.6 Å². The number of nitrogens with zero attached hydrogens (tertiary/aromatic N) is 4. The summed E-state index contributed by atoms with van der Waals surface area (Å²) in [5.74, 6) is 0. The van der Waals surface area contributed by atoms with E-state index in [1.54, 1.807) is 10.0 Å². The number of rotatable bonds is 5. The van der Waals surface area contributed by atoms with Crippen LogP contribution in [0.2, 0.25) is 0 Å². The highest BCUT2D eigenvalue weighted by molar-refractivity contribution is 7.13. The van der Waals surface area contributed by atoms with Crippen LogP contribution >= 0.6 is 11.5 Å². The Kier molecular flexibility index (Phi) is 6.28. The minimum atomic E-state index is -4.36. The van der Waals surface area contributed by atoms with Gasteiger partial charge in [0, 0.05) is 44.1 Å². The number of halogens is 3. The fourth-order valence-electron chi connectivity index (χ4n) is 4.13. The number of hydrogen-bond donors (Lipinski definition) is 1. The quantitative estimate of drug-likeness (QED) is 0.626. The first-order valence-electron chi connectivity index (χ1n) is 10.4. The van der Waals surface area contributed by atoms with E-state index in [-0.39, 0.29) is 12.1 Å². The summed E-state index contributed by atoms with van der Waals surface area (Å²) in [6.45, 7) is 6.72. The summed E-state index contributed by atoms with van der Waals surface area (Å²) in [4.78, 5) is 21.8. The van der Waals surface area contributed by atoms with Crippen LogP contribution in [-0.4, -0.2) is 57.8 Å². The first kappa shape index (κ1) is 22.8. The van der Waals surface area contributed by atoms with Gasteiger partial charge in [0.1, 0.15) is 4.83 Å². The average molecular weight is 467 g/mol. The summed E-state index contributed by atoms with van der Waals surface area (Å²) in [5.41, 5.74) is 1.50. The number of β-amino-alcohol motifs (C(OH)–C–C–N with tert-alkyl or cyclic N) is 1. The SMILES string of the molecule is Cc1cc(C)c2c(=O)n(CC(O)CN3CCN(c4cccc(C(F)(F)F)c4)CC3)sc2n1. The smallest absolute Gasteiger partial charge is 0.390 e. The number of aryl methyl sites for hydroxylation is 2. The maximum absolute atomic E-state index is 13.0. The maximum atomic E-state index is 13.0. The third-order valence-corrected chi connectivity index (χ3v) is 6.71. The molecule has 32 heavy (non-hydrogen) atoms. The second-order valence-electron chi connectivity index (χ2n) is 8.21. The van der Waals surface area contributed by atoms with Crippen LogP contribution in [0, 0.1) is 13.8 Å². The lowest BCUT2D eigenvalue weighted by Crippen LogP contribution is -2.49. The number of hydrogen-bond acceptors (Lipinski definition) is 6. The first-order valence-corrected chi connectivity index (χ1v) is 11.2. The Bertz CT molecular complexity index is 1170. The Balaban J connectivity index is 1.36. The molecule has 1 N–H and O–H groups in total. The molecule has 3 aromatic rings. The molecule has 2 aromatic heterocycles. The fraction of sp³-hybridized carbons (Fsp3) is 0.455. The maximum Gasteiger partial charge on any atom is 0.416 e. The molecular weight excluding hydrogens is 441 g/mol. The fourth-order valence-corrected chi connectivity index (χ4v) is 5.29. The molecule has 1 saturated heterocycles. The Morgan fingerprint density at radius 2 is 1.84 bits per heavy atom. The summed E-state index contributed by atoms with van der Waals surface area (Å²) >= 11 is 1.26.